The van der Waals surface area contributed by atoms with Crippen molar-refractivity contribution in [3.63, 3.8) is 0 Å². The van der Waals surface area contributed by atoms with Crippen molar-refractivity contribution < 1.29 is 9.59 Å². The zero-order chi connectivity index (χ0) is 20.7. The second-order valence-corrected chi connectivity index (χ2v) is 7.88. The third-order valence-corrected chi connectivity index (χ3v) is 5.03. The van der Waals surface area contributed by atoms with Gasteiger partial charge in [-0.3, -0.25) is 4.79 Å². The zero-order valence-corrected chi connectivity index (χ0v) is 18.8. The Morgan fingerprint density at radius 2 is 0.893 bits per heavy atom. The van der Waals surface area contributed by atoms with Crippen LogP contribution in [0.25, 0.3) is 0 Å². The van der Waals surface area contributed by atoms with E-state index in [9.17, 15) is 9.59 Å². The summed E-state index contributed by atoms with van der Waals surface area (Å²) in [6.45, 7) is 6.70. The van der Waals surface area contributed by atoms with Crippen LogP contribution in [0.3, 0.4) is 0 Å². The maximum Gasteiger partial charge on any atom is 0.314 e. The SMILES string of the molecule is CCCCCCCCNC(=O)CCCCCNC(=O)NCCCCCCCC. The molecule has 0 radical (unpaired) electrons. The lowest BCUT2D eigenvalue weighted by Gasteiger charge is -2.08. The van der Waals surface area contributed by atoms with Crippen LogP contribution in [0.2, 0.25) is 0 Å². The number of hydrogen-bond donors (Lipinski definition) is 3. The zero-order valence-electron chi connectivity index (χ0n) is 18.8. The van der Waals surface area contributed by atoms with Crippen LogP contribution in [0.15, 0.2) is 0 Å². The normalized spacial score (nSPS) is 10.6. The molecule has 0 unspecified atom stereocenters. The number of carbonyl (C=O) groups excluding carboxylic acids is 2. The average Bonchev–Trinajstić information content (AvgIpc) is 2.69. The molecule has 0 bridgehead atoms. The van der Waals surface area contributed by atoms with Gasteiger partial charge < -0.3 is 16.0 Å². The van der Waals surface area contributed by atoms with E-state index < -0.39 is 0 Å². The van der Waals surface area contributed by atoms with Crippen LogP contribution in [0.1, 0.15) is 117 Å². The van der Waals surface area contributed by atoms with Crippen molar-refractivity contribution in [2.24, 2.45) is 0 Å². The van der Waals surface area contributed by atoms with Crippen LogP contribution in [-0.2, 0) is 4.79 Å². The van der Waals surface area contributed by atoms with Crippen LogP contribution in [0.5, 0.6) is 0 Å². The highest BCUT2D eigenvalue weighted by atomic mass is 16.2. The molecule has 3 N–H and O–H groups in total. The van der Waals surface area contributed by atoms with Gasteiger partial charge in [-0.2, -0.15) is 0 Å². The van der Waals surface area contributed by atoms with Gasteiger partial charge in [0.05, 0.1) is 0 Å². The van der Waals surface area contributed by atoms with E-state index >= 15 is 0 Å². The predicted molar refractivity (Wildman–Crippen MR) is 120 cm³/mol. The molecule has 166 valence electrons. The molecule has 28 heavy (non-hydrogen) atoms. The highest BCUT2D eigenvalue weighted by Gasteiger charge is 2.02. The molecule has 0 spiro atoms. The largest absolute Gasteiger partial charge is 0.356 e. The summed E-state index contributed by atoms with van der Waals surface area (Å²) in [6.07, 6.45) is 18.3. The molecule has 0 saturated carbocycles. The first-order valence-corrected chi connectivity index (χ1v) is 12.0. The van der Waals surface area contributed by atoms with Crippen LogP contribution in [0, 0.1) is 0 Å². The molecule has 0 heterocycles. The minimum atomic E-state index is -0.0646. The Bertz CT molecular complexity index is 328. The van der Waals surface area contributed by atoms with Crippen molar-refractivity contribution in [3.05, 3.63) is 0 Å². The van der Waals surface area contributed by atoms with Crippen LogP contribution >= 0.6 is 0 Å². The lowest BCUT2D eigenvalue weighted by molar-refractivity contribution is -0.121. The number of hydrogen-bond acceptors (Lipinski definition) is 2. The molecule has 0 saturated heterocycles. The van der Waals surface area contributed by atoms with Gasteiger partial charge in [-0.05, 0) is 25.7 Å². The van der Waals surface area contributed by atoms with E-state index in [4.69, 9.17) is 0 Å². The van der Waals surface area contributed by atoms with E-state index in [-0.39, 0.29) is 11.9 Å². The summed E-state index contributed by atoms with van der Waals surface area (Å²) in [5.41, 5.74) is 0. The first-order valence-electron chi connectivity index (χ1n) is 12.0. The molecule has 0 aromatic heterocycles. The van der Waals surface area contributed by atoms with E-state index in [1.165, 1.54) is 64.2 Å². The van der Waals surface area contributed by atoms with Crippen LogP contribution in [0.4, 0.5) is 4.79 Å². The lowest BCUT2D eigenvalue weighted by Crippen LogP contribution is -2.36. The molecule has 0 aliphatic carbocycles. The lowest BCUT2D eigenvalue weighted by atomic mass is 10.1. The Morgan fingerprint density at radius 1 is 0.500 bits per heavy atom. The Kier molecular flexibility index (Phi) is 21.0. The van der Waals surface area contributed by atoms with Gasteiger partial charge in [0, 0.05) is 26.1 Å². The number of unbranched alkanes of at least 4 members (excludes halogenated alkanes) is 12. The second-order valence-electron chi connectivity index (χ2n) is 7.88. The summed E-state index contributed by atoms with van der Waals surface area (Å²) < 4.78 is 0. The van der Waals surface area contributed by atoms with E-state index in [0.29, 0.717) is 13.0 Å². The third-order valence-electron chi connectivity index (χ3n) is 5.03. The summed E-state index contributed by atoms with van der Waals surface area (Å²) in [5.74, 6) is 0.165. The molecular formula is C23H47N3O2. The van der Waals surface area contributed by atoms with Gasteiger partial charge >= 0.3 is 6.03 Å². The van der Waals surface area contributed by atoms with Crippen molar-refractivity contribution in [3.8, 4) is 0 Å². The summed E-state index contributed by atoms with van der Waals surface area (Å²) in [6, 6.07) is -0.0646. The number of amides is 3. The highest BCUT2D eigenvalue weighted by Crippen LogP contribution is 2.05. The van der Waals surface area contributed by atoms with Gasteiger partial charge in [0.25, 0.3) is 0 Å². The summed E-state index contributed by atoms with van der Waals surface area (Å²) >= 11 is 0. The van der Waals surface area contributed by atoms with Gasteiger partial charge in [-0.15, -0.1) is 0 Å². The van der Waals surface area contributed by atoms with Gasteiger partial charge in [0.1, 0.15) is 0 Å². The average molecular weight is 398 g/mol. The van der Waals surface area contributed by atoms with Gasteiger partial charge in [0.2, 0.25) is 5.91 Å². The fourth-order valence-electron chi connectivity index (χ4n) is 3.18. The molecule has 0 fully saturated rings. The Balaban J connectivity index is 3.28. The topological polar surface area (TPSA) is 70.2 Å². The predicted octanol–water partition coefficient (Wildman–Crippen LogP) is 5.68. The molecule has 0 aromatic rings. The molecule has 3 amide bonds. The highest BCUT2D eigenvalue weighted by molar-refractivity contribution is 5.75. The minimum absolute atomic E-state index is 0.0646. The van der Waals surface area contributed by atoms with Gasteiger partial charge in [-0.25, -0.2) is 4.79 Å². The molecule has 0 aliphatic rings. The number of rotatable bonds is 20. The van der Waals surface area contributed by atoms with Gasteiger partial charge in [-0.1, -0.05) is 84.5 Å². The van der Waals surface area contributed by atoms with Crippen molar-refractivity contribution in [1.29, 1.82) is 0 Å². The fraction of sp³-hybridized carbons (Fsp3) is 0.913. The quantitative estimate of drug-likeness (QED) is 0.231. The summed E-state index contributed by atoms with van der Waals surface area (Å²) in [5, 5.41) is 8.82. The molecule has 5 nitrogen and oxygen atoms in total. The second kappa shape index (κ2) is 22.0. The molecule has 0 aromatic carbocycles. The van der Waals surface area contributed by atoms with Gasteiger partial charge in [0.15, 0.2) is 0 Å². The molecule has 0 aliphatic heterocycles. The van der Waals surface area contributed by atoms with Crippen LogP contribution < -0.4 is 16.0 Å². The van der Waals surface area contributed by atoms with E-state index in [0.717, 1.165) is 45.2 Å². The Morgan fingerprint density at radius 3 is 1.39 bits per heavy atom. The van der Waals surface area contributed by atoms with Crippen LogP contribution in [-0.4, -0.2) is 31.6 Å². The summed E-state index contributed by atoms with van der Waals surface area (Å²) in [7, 11) is 0. The molecular weight excluding hydrogens is 350 g/mol. The number of carbonyl (C=O) groups is 2. The maximum absolute atomic E-state index is 11.8. The third kappa shape index (κ3) is 21.0. The molecule has 0 rings (SSSR count). The van der Waals surface area contributed by atoms with E-state index in [2.05, 4.69) is 29.8 Å². The smallest absolute Gasteiger partial charge is 0.314 e. The first kappa shape index (κ1) is 26.7. The fourth-order valence-corrected chi connectivity index (χ4v) is 3.18. The van der Waals surface area contributed by atoms with Crippen molar-refractivity contribution in [2.45, 2.75) is 117 Å². The first-order chi connectivity index (χ1) is 13.7. The minimum Gasteiger partial charge on any atom is -0.356 e. The molecule has 0 atom stereocenters. The standard InChI is InChI=1S/C23H47N3O2/c1-3-5-7-9-11-15-19-24-22(27)18-14-13-17-21-26-23(28)25-20-16-12-10-8-6-4-2/h3-21H2,1-2H3,(H,24,27)(H2,25,26,28). The number of urea groups is 1. The maximum atomic E-state index is 11.8. The number of nitrogens with one attached hydrogen (secondary N) is 3. The molecule has 5 heteroatoms. The Hall–Kier alpha value is -1.26. The van der Waals surface area contributed by atoms with Crippen molar-refractivity contribution in [2.75, 3.05) is 19.6 Å². The van der Waals surface area contributed by atoms with E-state index in [1.807, 2.05) is 0 Å². The van der Waals surface area contributed by atoms with E-state index in [1.54, 1.807) is 0 Å². The van der Waals surface area contributed by atoms with Crippen molar-refractivity contribution in [1.82, 2.24) is 16.0 Å². The monoisotopic (exact) mass is 397 g/mol. The summed E-state index contributed by atoms with van der Waals surface area (Å²) in [4.78, 5) is 23.4. The van der Waals surface area contributed by atoms with Crippen molar-refractivity contribution >= 4 is 11.9 Å². The Labute approximate surface area is 174 Å².